The van der Waals surface area contributed by atoms with Crippen molar-refractivity contribution in [1.29, 1.82) is 0 Å². The van der Waals surface area contributed by atoms with Gasteiger partial charge in [-0.15, -0.1) is 0 Å². The molecular formula is C18H19N3O. The van der Waals surface area contributed by atoms with Crippen LogP contribution in [0, 0.1) is 13.8 Å². The van der Waals surface area contributed by atoms with E-state index in [-0.39, 0.29) is 5.91 Å². The van der Waals surface area contributed by atoms with E-state index in [2.05, 4.69) is 14.9 Å². The highest BCUT2D eigenvalue weighted by atomic mass is 16.1. The van der Waals surface area contributed by atoms with Crippen molar-refractivity contribution in [1.82, 2.24) is 14.9 Å². The summed E-state index contributed by atoms with van der Waals surface area (Å²) >= 11 is 0. The summed E-state index contributed by atoms with van der Waals surface area (Å²) in [5.74, 6) is 0.924. The van der Waals surface area contributed by atoms with E-state index in [0.717, 1.165) is 28.0 Å². The van der Waals surface area contributed by atoms with Crippen LogP contribution in [0.25, 0.3) is 11.0 Å². The number of carbonyl (C=O) groups is 1. The second-order valence-electron chi connectivity index (χ2n) is 5.59. The van der Waals surface area contributed by atoms with E-state index in [0.29, 0.717) is 12.1 Å². The average molecular weight is 293 g/mol. The highest BCUT2D eigenvalue weighted by Gasteiger charge is 2.07. The molecule has 0 saturated heterocycles. The molecule has 0 spiro atoms. The van der Waals surface area contributed by atoms with Gasteiger partial charge < -0.3 is 9.88 Å². The Balaban J connectivity index is 1.73. The molecule has 0 aliphatic rings. The van der Waals surface area contributed by atoms with Crippen LogP contribution in [-0.4, -0.2) is 15.5 Å². The number of nitrogens with zero attached hydrogens (tertiary/aromatic N) is 2. The summed E-state index contributed by atoms with van der Waals surface area (Å²) in [7, 11) is 2.00. The number of aromatic nitrogens is 2. The van der Waals surface area contributed by atoms with Crippen molar-refractivity contribution in [2.75, 3.05) is 0 Å². The standard InChI is InChI=1S/C18H19N3O/c1-12-4-7-15(8-5-12)18(22)19-11-14-6-9-17-16(10-14)20-13(2)21(17)3/h4-10H,11H2,1-3H3,(H,19,22). The molecule has 3 aromatic rings. The van der Waals surface area contributed by atoms with Crippen LogP contribution in [-0.2, 0) is 13.6 Å². The van der Waals surface area contributed by atoms with Gasteiger partial charge in [0.2, 0.25) is 0 Å². The number of benzene rings is 2. The number of carbonyl (C=O) groups excluding carboxylic acids is 1. The quantitative estimate of drug-likeness (QED) is 0.806. The van der Waals surface area contributed by atoms with E-state index < -0.39 is 0 Å². The van der Waals surface area contributed by atoms with Gasteiger partial charge in [-0.2, -0.15) is 0 Å². The van der Waals surface area contributed by atoms with Gasteiger partial charge >= 0.3 is 0 Å². The van der Waals surface area contributed by atoms with Gasteiger partial charge in [-0.25, -0.2) is 4.98 Å². The van der Waals surface area contributed by atoms with E-state index in [9.17, 15) is 4.79 Å². The lowest BCUT2D eigenvalue weighted by Gasteiger charge is -2.06. The third-order valence-corrected chi connectivity index (χ3v) is 3.94. The van der Waals surface area contributed by atoms with Crippen molar-refractivity contribution in [3.8, 4) is 0 Å². The highest BCUT2D eigenvalue weighted by molar-refractivity contribution is 5.94. The van der Waals surface area contributed by atoms with Gasteiger partial charge in [0, 0.05) is 19.2 Å². The number of rotatable bonds is 3. The predicted molar refractivity (Wildman–Crippen MR) is 87.8 cm³/mol. The summed E-state index contributed by atoms with van der Waals surface area (Å²) in [5, 5.41) is 2.95. The summed E-state index contributed by atoms with van der Waals surface area (Å²) in [6.45, 7) is 4.49. The Hall–Kier alpha value is -2.62. The molecule has 0 fully saturated rings. The van der Waals surface area contributed by atoms with Crippen LogP contribution in [0.4, 0.5) is 0 Å². The van der Waals surface area contributed by atoms with Crippen LogP contribution in [0.5, 0.6) is 0 Å². The molecule has 0 radical (unpaired) electrons. The minimum absolute atomic E-state index is 0.0581. The maximum Gasteiger partial charge on any atom is 0.251 e. The van der Waals surface area contributed by atoms with Crippen LogP contribution in [0.15, 0.2) is 42.5 Å². The first-order valence-corrected chi connectivity index (χ1v) is 7.31. The van der Waals surface area contributed by atoms with Gasteiger partial charge in [0.25, 0.3) is 5.91 Å². The average Bonchev–Trinajstić information content (AvgIpc) is 2.80. The number of nitrogens with one attached hydrogen (secondary N) is 1. The molecule has 1 N–H and O–H groups in total. The van der Waals surface area contributed by atoms with Gasteiger partial charge in [0.1, 0.15) is 5.82 Å². The fourth-order valence-electron chi connectivity index (χ4n) is 2.47. The van der Waals surface area contributed by atoms with E-state index in [1.54, 1.807) is 0 Å². The Bertz CT molecular complexity index is 831. The lowest BCUT2D eigenvalue weighted by molar-refractivity contribution is 0.0951. The van der Waals surface area contributed by atoms with Crippen LogP contribution >= 0.6 is 0 Å². The fourth-order valence-corrected chi connectivity index (χ4v) is 2.47. The summed E-state index contributed by atoms with van der Waals surface area (Å²) in [5.41, 5.74) is 4.94. The zero-order chi connectivity index (χ0) is 15.7. The summed E-state index contributed by atoms with van der Waals surface area (Å²) in [6, 6.07) is 13.7. The molecule has 1 aromatic heterocycles. The van der Waals surface area contributed by atoms with Crippen molar-refractivity contribution in [3.05, 3.63) is 65.0 Å². The first kappa shape index (κ1) is 14.3. The molecule has 0 unspecified atom stereocenters. The van der Waals surface area contributed by atoms with Crippen LogP contribution in [0.3, 0.4) is 0 Å². The molecule has 22 heavy (non-hydrogen) atoms. The number of fused-ring (bicyclic) bond motifs is 1. The number of hydrogen-bond acceptors (Lipinski definition) is 2. The van der Waals surface area contributed by atoms with E-state index in [1.165, 1.54) is 0 Å². The SMILES string of the molecule is Cc1ccc(C(=O)NCc2ccc3c(c2)nc(C)n3C)cc1. The number of hydrogen-bond donors (Lipinski definition) is 1. The number of amides is 1. The van der Waals surface area contributed by atoms with Gasteiger partial charge in [0.05, 0.1) is 11.0 Å². The van der Waals surface area contributed by atoms with Gasteiger partial charge in [-0.1, -0.05) is 23.8 Å². The summed E-state index contributed by atoms with van der Waals surface area (Å²) < 4.78 is 2.06. The third kappa shape index (κ3) is 2.72. The summed E-state index contributed by atoms with van der Waals surface area (Å²) in [6.07, 6.45) is 0. The molecule has 4 nitrogen and oxygen atoms in total. The maximum atomic E-state index is 12.1. The molecule has 1 amide bonds. The molecule has 0 saturated carbocycles. The second-order valence-corrected chi connectivity index (χ2v) is 5.59. The third-order valence-electron chi connectivity index (χ3n) is 3.94. The number of aryl methyl sites for hydroxylation is 3. The normalized spacial score (nSPS) is 10.9. The van der Waals surface area contributed by atoms with Gasteiger partial charge in [-0.3, -0.25) is 4.79 Å². The smallest absolute Gasteiger partial charge is 0.251 e. The lowest BCUT2D eigenvalue weighted by Crippen LogP contribution is -2.22. The highest BCUT2D eigenvalue weighted by Crippen LogP contribution is 2.16. The van der Waals surface area contributed by atoms with Crippen molar-refractivity contribution >= 4 is 16.9 Å². The zero-order valence-electron chi connectivity index (χ0n) is 13.1. The van der Waals surface area contributed by atoms with Gasteiger partial charge in [-0.05, 0) is 43.7 Å². The first-order chi connectivity index (χ1) is 10.5. The molecule has 1 heterocycles. The Morgan fingerprint density at radius 1 is 1.14 bits per heavy atom. The molecule has 0 bridgehead atoms. The molecule has 0 aliphatic heterocycles. The minimum Gasteiger partial charge on any atom is -0.348 e. The molecule has 0 atom stereocenters. The van der Waals surface area contributed by atoms with Crippen molar-refractivity contribution in [2.45, 2.75) is 20.4 Å². The molecule has 112 valence electrons. The molecule has 4 heteroatoms. The molecule has 0 aliphatic carbocycles. The number of imidazole rings is 1. The maximum absolute atomic E-state index is 12.1. The van der Waals surface area contributed by atoms with Crippen LogP contribution in [0.1, 0.15) is 27.3 Å². The lowest BCUT2D eigenvalue weighted by atomic mass is 10.1. The molecule has 2 aromatic carbocycles. The van der Waals surface area contributed by atoms with E-state index in [4.69, 9.17) is 0 Å². The molecular weight excluding hydrogens is 274 g/mol. The monoisotopic (exact) mass is 293 g/mol. The van der Waals surface area contributed by atoms with Crippen molar-refractivity contribution < 1.29 is 4.79 Å². The van der Waals surface area contributed by atoms with Gasteiger partial charge in [0.15, 0.2) is 0 Å². The topological polar surface area (TPSA) is 46.9 Å². The second kappa shape index (κ2) is 5.64. The van der Waals surface area contributed by atoms with Crippen LogP contribution < -0.4 is 5.32 Å². The van der Waals surface area contributed by atoms with Crippen molar-refractivity contribution in [3.63, 3.8) is 0 Å². The van der Waals surface area contributed by atoms with E-state index in [1.807, 2.05) is 63.4 Å². The predicted octanol–water partition coefficient (Wildman–Crippen LogP) is 3.12. The van der Waals surface area contributed by atoms with Crippen molar-refractivity contribution in [2.24, 2.45) is 7.05 Å². The van der Waals surface area contributed by atoms with Crippen LogP contribution in [0.2, 0.25) is 0 Å². The Morgan fingerprint density at radius 3 is 2.59 bits per heavy atom. The Kier molecular flexibility index (Phi) is 3.67. The fraction of sp³-hybridized carbons (Fsp3) is 0.222. The van der Waals surface area contributed by atoms with E-state index >= 15 is 0 Å². The Morgan fingerprint density at radius 2 is 1.86 bits per heavy atom. The zero-order valence-corrected chi connectivity index (χ0v) is 13.1. The largest absolute Gasteiger partial charge is 0.348 e. The Labute approximate surface area is 129 Å². The minimum atomic E-state index is -0.0581. The first-order valence-electron chi connectivity index (χ1n) is 7.31. The molecule has 3 rings (SSSR count). The summed E-state index contributed by atoms with van der Waals surface area (Å²) in [4.78, 5) is 16.6.